The molecule has 1 nitrogen and oxygen atoms in total. The lowest BCUT2D eigenvalue weighted by atomic mass is 10.3. The minimum Gasteiger partial charge on any atom is -0.232 e. The van der Waals surface area contributed by atoms with Crippen LogP contribution in [0.3, 0.4) is 0 Å². The van der Waals surface area contributed by atoms with Crippen LogP contribution in [0.25, 0.3) is 0 Å². The summed E-state index contributed by atoms with van der Waals surface area (Å²) in [5.41, 5.74) is 0. The van der Waals surface area contributed by atoms with Gasteiger partial charge in [-0.15, -0.1) is 0 Å². The molecule has 11 heavy (non-hydrogen) atoms. The van der Waals surface area contributed by atoms with Gasteiger partial charge in [-0.05, 0) is 18.6 Å². The molecule has 0 aromatic heterocycles. The van der Waals surface area contributed by atoms with Crippen LogP contribution in [0.1, 0.15) is 6.42 Å². The van der Waals surface area contributed by atoms with E-state index in [1.807, 2.05) is 24.3 Å². The molecule has 0 fully saturated rings. The third kappa shape index (κ3) is 9.02. The quantitative estimate of drug-likeness (QED) is 0.264. The Balaban J connectivity index is 3.36. The van der Waals surface area contributed by atoms with Crippen molar-refractivity contribution in [3.63, 3.8) is 0 Å². The Labute approximate surface area is 72.8 Å². The molecule has 0 aromatic rings. The maximum atomic E-state index is 4.40. The van der Waals surface area contributed by atoms with E-state index in [9.17, 15) is 0 Å². The molecule has 0 amide bonds. The summed E-state index contributed by atoms with van der Waals surface area (Å²) in [6, 6.07) is 0. The van der Waals surface area contributed by atoms with Gasteiger partial charge in [-0.25, -0.2) is 4.99 Å². The summed E-state index contributed by atoms with van der Waals surface area (Å²) >= 11 is 4.40. The largest absolute Gasteiger partial charge is 0.232 e. The molecule has 0 rings (SSSR count). The van der Waals surface area contributed by atoms with Crippen LogP contribution in [0, 0.1) is 0 Å². The number of hydrogen-bond donors (Lipinski definition) is 0. The van der Waals surface area contributed by atoms with Gasteiger partial charge in [-0.2, -0.15) is 0 Å². The topological polar surface area (TPSA) is 12.4 Å². The van der Waals surface area contributed by atoms with E-state index in [1.54, 1.807) is 6.08 Å². The standard InChI is InChI=1S/C9H11NS/c1-2-3-4-5-6-7-8-10-9-11/h2-6H,1,7-8H2/b4-3-,6-5-. The second-order valence-corrected chi connectivity index (χ2v) is 1.99. The average Bonchev–Trinajstić information content (AvgIpc) is 2.03. The molecule has 0 saturated carbocycles. The summed E-state index contributed by atoms with van der Waals surface area (Å²) in [4.78, 5) is 3.76. The third-order valence-corrected chi connectivity index (χ3v) is 1.10. The lowest BCUT2D eigenvalue weighted by molar-refractivity contribution is 1.02. The highest BCUT2D eigenvalue weighted by molar-refractivity contribution is 7.78. The molecule has 0 spiro atoms. The summed E-state index contributed by atoms with van der Waals surface area (Å²) in [7, 11) is 0. The van der Waals surface area contributed by atoms with E-state index in [0.717, 1.165) is 13.0 Å². The fraction of sp³-hybridized carbons (Fsp3) is 0.222. The highest BCUT2D eigenvalue weighted by atomic mass is 32.1. The number of thiocarbonyl (C=S) groups is 1. The Morgan fingerprint density at radius 3 is 2.82 bits per heavy atom. The second kappa shape index (κ2) is 9.02. The van der Waals surface area contributed by atoms with E-state index < -0.39 is 0 Å². The zero-order valence-electron chi connectivity index (χ0n) is 6.36. The van der Waals surface area contributed by atoms with Crippen LogP contribution in [0.5, 0.6) is 0 Å². The molecule has 0 saturated heterocycles. The van der Waals surface area contributed by atoms with Crippen molar-refractivity contribution in [2.75, 3.05) is 6.54 Å². The van der Waals surface area contributed by atoms with Crippen LogP contribution in [0.2, 0.25) is 0 Å². The number of nitrogens with zero attached hydrogens (tertiary/aromatic N) is 1. The van der Waals surface area contributed by atoms with Crippen LogP contribution < -0.4 is 0 Å². The van der Waals surface area contributed by atoms with Gasteiger partial charge >= 0.3 is 0 Å². The minimum absolute atomic E-state index is 0.724. The van der Waals surface area contributed by atoms with Gasteiger partial charge in [0, 0.05) is 0 Å². The first-order valence-electron chi connectivity index (χ1n) is 3.39. The number of rotatable bonds is 5. The lowest BCUT2D eigenvalue weighted by Crippen LogP contribution is -1.72. The van der Waals surface area contributed by atoms with E-state index in [4.69, 9.17) is 0 Å². The van der Waals surface area contributed by atoms with Crippen molar-refractivity contribution < 1.29 is 0 Å². The first-order valence-corrected chi connectivity index (χ1v) is 3.80. The molecule has 0 unspecified atom stereocenters. The van der Waals surface area contributed by atoms with Crippen LogP contribution in [0.15, 0.2) is 42.0 Å². The Morgan fingerprint density at radius 1 is 1.36 bits per heavy atom. The maximum absolute atomic E-state index is 4.40. The molecule has 0 aliphatic rings. The average molecular weight is 165 g/mol. The lowest BCUT2D eigenvalue weighted by Gasteiger charge is -1.80. The molecule has 0 aliphatic carbocycles. The zero-order valence-corrected chi connectivity index (χ0v) is 7.18. The van der Waals surface area contributed by atoms with E-state index in [0.29, 0.717) is 0 Å². The Kier molecular flexibility index (Phi) is 8.22. The first-order chi connectivity index (χ1) is 5.41. The molecule has 0 radical (unpaired) electrons. The Bertz CT molecular complexity index is 198. The first kappa shape index (κ1) is 10.0. The molecule has 2 heteroatoms. The fourth-order valence-electron chi connectivity index (χ4n) is 0.502. The van der Waals surface area contributed by atoms with Gasteiger partial charge in [0.05, 0.1) is 11.7 Å². The summed E-state index contributed by atoms with van der Waals surface area (Å²) in [6.07, 6.45) is 10.4. The summed E-state index contributed by atoms with van der Waals surface area (Å²) in [5, 5.41) is 2.31. The van der Waals surface area contributed by atoms with Gasteiger partial charge in [0.1, 0.15) is 0 Å². The van der Waals surface area contributed by atoms with Crippen molar-refractivity contribution in [3.05, 3.63) is 37.0 Å². The SMILES string of the molecule is C=C/C=C\C=C/CCN=C=S. The fourth-order valence-corrected chi connectivity index (χ4v) is 0.594. The van der Waals surface area contributed by atoms with Gasteiger partial charge in [-0.1, -0.05) is 37.0 Å². The van der Waals surface area contributed by atoms with Gasteiger partial charge in [-0.3, -0.25) is 0 Å². The van der Waals surface area contributed by atoms with Crippen LogP contribution in [-0.4, -0.2) is 11.7 Å². The molecular weight excluding hydrogens is 154 g/mol. The Morgan fingerprint density at radius 2 is 2.18 bits per heavy atom. The van der Waals surface area contributed by atoms with Gasteiger partial charge in [0.2, 0.25) is 0 Å². The van der Waals surface area contributed by atoms with Crippen molar-refractivity contribution in [2.45, 2.75) is 6.42 Å². The van der Waals surface area contributed by atoms with Crippen LogP contribution in [0.4, 0.5) is 0 Å². The van der Waals surface area contributed by atoms with Crippen molar-refractivity contribution in [2.24, 2.45) is 4.99 Å². The van der Waals surface area contributed by atoms with Crippen molar-refractivity contribution >= 4 is 17.4 Å². The number of aliphatic imine (C=N–C) groups is 1. The monoisotopic (exact) mass is 165 g/mol. The summed E-state index contributed by atoms with van der Waals surface area (Å²) < 4.78 is 0. The van der Waals surface area contributed by atoms with E-state index >= 15 is 0 Å². The van der Waals surface area contributed by atoms with E-state index in [2.05, 4.69) is 29.0 Å². The highest BCUT2D eigenvalue weighted by Crippen LogP contribution is 1.84. The van der Waals surface area contributed by atoms with Crippen molar-refractivity contribution in [1.82, 2.24) is 0 Å². The van der Waals surface area contributed by atoms with Crippen molar-refractivity contribution in [3.8, 4) is 0 Å². The number of allylic oxidation sites excluding steroid dienone is 4. The second-order valence-electron chi connectivity index (χ2n) is 1.81. The third-order valence-electron chi connectivity index (χ3n) is 0.967. The maximum Gasteiger partial charge on any atom is 0.0585 e. The minimum atomic E-state index is 0.724. The molecule has 0 atom stereocenters. The normalized spacial score (nSPS) is 10.2. The predicted molar refractivity (Wildman–Crippen MR) is 53.0 cm³/mol. The van der Waals surface area contributed by atoms with E-state index in [-0.39, 0.29) is 0 Å². The molecule has 0 aromatic carbocycles. The van der Waals surface area contributed by atoms with E-state index in [1.165, 1.54) is 0 Å². The van der Waals surface area contributed by atoms with Gasteiger partial charge in [0.25, 0.3) is 0 Å². The molecule has 0 heterocycles. The highest BCUT2D eigenvalue weighted by Gasteiger charge is 1.72. The molecule has 0 bridgehead atoms. The molecule has 0 N–H and O–H groups in total. The van der Waals surface area contributed by atoms with Crippen LogP contribution in [-0.2, 0) is 0 Å². The predicted octanol–water partition coefficient (Wildman–Crippen LogP) is 2.78. The van der Waals surface area contributed by atoms with Crippen LogP contribution >= 0.6 is 12.2 Å². The summed E-state index contributed by atoms with van der Waals surface area (Å²) in [6.45, 7) is 4.27. The van der Waals surface area contributed by atoms with Crippen molar-refractivity contribution in [1.29, 1.82) is 0 Å². The molecular formula is C9H11NS. The van der Waals surface area contributed by atoms with Gasteiger partial charge < -0.3 is 0 Å². The Hall–Kier alpha value is -0.980. The number of isothiocyanates is 1. The summed E-state index contributed by atoms with van der Waals surface area (Å²) in [5.74, 6) is 0. The van der Waals surface area contributed by atoms with Gasteiger partial charge in [0.15, 0.2) is 0 Å². The molecule has 58 valence electrons. The number of hydrogen-bond acceptors (Lipinski definition) is 2. The molecule has 0 aliphatic heterocycles. The smallest absolute Gasteiger partial charge is 0.0585 e. The zero-order chi connectivity index (χ0) is 8.36.